The summed E-state index contributed by atoms with van der Waals surface area (Å²) >= 11 is 1.53. The third kappa shape index (κ3) is 4.25. The summed E-state index contributed by atoms with van der Waals surface area (Å²) in [5.74, 6) is 0.713. The summed E-state index contributed by atoms with van der Waals surface area (Å²) < 4.78 is 31.0. The molecule has 5 nitrogen and oxygen atoms in total. The van der Waals surface area contributed by atoms with Crippen LogP contribution in [0, 0.1) is 12.3 Å². The van der Waals surface area contributed by atoms with Crippen LogP contribution in [0.25, 0.3) is 5.31 Å². The van der Waals surface area contributed by atoms with Crippen LogP contribution in [0.3, 0.4) is 0 Å². The first kappa shape index (κ1) is 21.7. The van der Waals surface area contributed by atoms with Crippen LogP contribution in [0.5, 0.6) is 5.75 Å². The second-order valence-corrected chi connectivity index (χ2v) is 11.7. The monoisotopic (exact) mass is 446 g/mol. The molecule has 30 heavy (non-hydrogen) atoms. The molecule has 0 aromatic heterocycles. The molecule has 1 atom stereocenters. The summed E-state index contributed by atoms with van der Waals surface area (Å²) in [6.45, 7) is 6.75. The standard InChI is InChI=1S/C23H27O5PS/c1-15-5-10-20-18(11-15)19(24)12-21(30-20)22(16-6-8-17(26-4)9-7-16)29(25)27-13-23(2,3)14-28-29/h5-11,19,24H,12-14H2,1-4H3/b22-21-. The Hall–Kier alpha value is -1.56. The van der Waals surface area contributed by atoms with Gasteiger partial charge in [-0.2, -0.15) is 0 Å². The minimum absolute atomic E-state index is 0.201. The van der Waals surface area contributed by atoms with Crippen molar-refractivity contribution in [3.05, 3.63) is 64.1 Å². The normalized spacial score (nSPS) is 24.1. The Morgan fingerprint density at radius 3 is 2.47 bits per heavy atom. The molecule has 0 aliphatic carbocycles. The maximum absolute atomic E-state index is 13.9. The van der Waals surface area contributed by atoms with E-state index in [0.717, 1.165) is 26.5 Å². The fourth-order valence-corrected chi connectivity index (χ4v) is 7.45. The van der Waals surface area contributed by atoms with E-state index in [1.165, 1.54) is 11.8 Å². The molecule has 0 amide bonds. The minimum atomic E-state index is -3.56. The van der Waals surface area contributed by atoms with Gasteiger partial charge in [-0.05, 0) is 36.2 Å². The highest BCUT2D eigenvalue weighted by molar-refractivity contribution is 8.03. The van der Waals surface area contributed by atoms with Gasteiger partial charge in [0.05, 0.1) is 31.7 Å². The number of aryl methyl sites for hydroxylation is 1. The Balaban J connectivity index is 1.83. The molecule has 1 saturated heterocycles. The highest BCUT2D eigenvalue weighted by Crippen LogP contribution is 2.67. The molecular weight excluding hydrogens is 419 g/mol. The van der Waals surface area contributed by atoms with Gasteiger partial charge in [0.1, 0.15) is 5.75 Å². The summed E-state index contributed by atoms with van der Waals surface area (Å²) in [6.07, 6.45) is -0.306. The molecule has 2 aromatic rings. The van der Waals surface area contributed by atoms with Crippen molar-refractivity contribution in [3.63, 3.8) is 0 Å². The van der Waals surface area contributed by atoms with Crippen LogP contribution < -0.4 is 4.74 Å². The number of ether oxygens (including phenoxy) is 1. The number of aliphatic hydroxyl groups is 1. The van der Waals surface area contributed by atoms with E-state index >= 15 is 0 Å². The summed E-state index contributed by atoms with van der Waals surface area (Å²) in [6, 6.07) is 13.4. The number of rotatable bonds is 3. The summed E-state index contributed by atoms with van der Waals surface area (Å²) in [7, 11) is -1.95. The lowest BCUT2D eigenvalue weighted by Crippen LogP contribution is -2.29. The molecule has 2 aromatic carbocycles. The van der Waals surface area contributed by atoms with E-state index in [9.17, 15) is 9.67 Å². The van der Waals surface area contributed by atoms with Gasteiger partial charge in [-0.15, -0.1) is 0 Å². The molecule has 1 N–H and O–H groups in total. The van der Waals surface area contributed by atoms with E-state index in [1.807, 2.05) is 63.2 Å². The molecule has 7 heteroatoms. The van der Waals surface area contributed by atoms with Gasteiger partial charge in [0.2, 0.25) is 0 Å². The lowest BCUT2D eigenvalue weighted by atomic mass is 9.97. The molecule has 1 unspecified atom stereocenters. The lowest BCUT2D eigenvalue weighted by molar-refractivity contribution is 0.0467. The van der Waals surface area contributed by atoms with Crippen LogP contribution >= 0.6 is 19.4 Å². The van der Waals surface area contributed by atoms with E-state index in [2.05, 4.69) is 0 Å². The number of aliphatic hydroxyl groups excluding tert-OH is 1. The van der Waals surface area contributed by atoms with Gasteiger partial charge in [-0.3, -0.25) is 4.57 Å². The van der Waals surface area contributed by atoms with Gasteiger partial charge in [0.15, 0.2) is 0 Å². The van der Waals surface area contributed by atoms with Crippen molar-refractivity contribution >= 4 is 24.7 Å². The molecule has 160 valence electrons. The molecule has 4 rings (SSSR count). The Labute approximate surface area is 182 Å². The fourth-order valence-electron chi connectivity index (χ4n) is 3.57. The van der Waals surface area contributed by atoms with Crippen molar-refractivity contribution in [3.8, 4) is 5.75 Å². The van der Waals surface area contributed by atoms with Crippen molar-refractivity contribution in [1.82, 2.24) is 0 Å². The van der Waals surface area contributed by atoms with Gasteiger partial charge >= 0.3 is 7.60 Å². The molecule has 2 heterocycles. The molecule has 2 aliphatic rings. The van der Waals surface area contributed by atoms with E-state index in [4.69, 9.17) is 13.8 Å². The molecule has 2 aliphatic heterocycles. The van der Waals surface area contributed by atoms with Gasteiger partial charge < -0.3 is 18.9 Å². The SMILES string of the molecule is COc1ccc(/C(=C2\CC(O)c3cc(C)ccc3S2)P2(=O)OCC(C)(C)CO2)cc1. The largest absolute Gasteiger partial charge is 0.497 e. The number of hydrogen-bond acceptors (Lipinski definition) is 6. The quantitative estimate of drug-likeness (QED) is 0.569. The van der Waals surface area contributed by atoms with Crippen LogP contribution in [-0.2, 0) is 13.6 Å². The topological polar surface area (TPSA) is 65.0 Å². The highest BCUT2D eigenvalue weighted by atomic mass is 32.2. The Morgan fingerprint density at radius 2 is 1.83 bits per heavy atom. The highest BCUT2D eigenvalue weighted by Gasteiger charge is 2.42. The number of hydrogen-bond donors (Lipinski definition) is 1. The van der Waals surface area contributed by atoms with Gasteiger partial charge in [0, 0.05) is 21.6 Å². The second kappa shape index (κ2) is 8.18. The number of fused-ring (bicyclic) bond motifs is 1. The van der Waals surface area contributed by atoms with E-state index < -0.39 is 13.7 Å². The van der Waals surface area contributed by atoms with E-state index in [-0.39, 0.29) is 5.41 Å². The summed E-state index contributed by atoms with van der Waals surface area (Å²) in [5.41, 5.74) is 2.56. The minimum Gasteiger partial charge on any atom is -0.497 e. The van der Waals surface area contributed by atoms with Gasteiger partial charge in [-0.1, -0.05) is 55.4 Å². The van der Waals surface area contributed by atoms with Gasteiger partial charge in [-0.25, -0.2) is 0 Å². The van der Waals surface area contributed by atoms with Crippen molar-refractivity contribution in [1.29, 1.82) is 0 Å². The number of methoxy groups -OCH3 is 1. The third-order valence-electron chi connectivity index (χ3n) is 5.29. The van der Waals surface area contributed by atoms with E-state index in [1.54, 1.807) is 7.11 Å². The molecule has 0 spiro atoms. The first-order valence-electron chi connectivity index (χ1n) is 9.94. The van der Waals surface area contributed by atoms with Gasteiger partial charge in [0.25, 0.3) is 0 Å². The Morgan fingerprint density at radius 1 is 1.17 bits per heavy atom. The average Bonchev–Trinajstić information content (AvgIpc) is 2.72. The summed E-state index contributed by atoms with van der Waals surface area (Å²) in [5, 5.41) is 11.4. The fraction of sp³-hybridized carbons (Fsp3) is 0.391. The Kier molecular flexibility index (Phi) is 5.90. The molecule has 0 saturated carbocycles. The van der Waals surface area contributed by atoms with Crippen LogP contribution in [0.1, 0.15) is 43.1 Å². The van der Waals surface area contributed by atoms with Crippen molar-refractivity contribution in [2.45, 2.75) is 38.2 Å². The lowest BCUT2D eigenvalue weighted by Gasteiger charge is -2.36. The molecule has 0 radical (unpaired) electrons. The predicted molar refractivity (Wildman–Crippen MR) is 120 cm³/mol. The Bertz CT molecular complexity index is 1010. The van der Waals surface area contributed by atoms with Crippen LogP contribution in [0.15, 0.2) is 52.3 Å². The zero-order valence-corrected chi connectivity index (χ0v) is 19.4. The molecule has 1 fully saturated rings. The van der Waals surface area contributed by atoms with Crippen LogP contribution in [0.4, 0.5) is 0 Å². The average molecular weight is 447 g/mol. The molecule has 0 bridgehead atoms. The van der Waals surface area contributed by atoms with Crippen LogP contribution in [-0.4, -0.2) is 25.4 Å². The zero-order chi connectivity index (χ0) is 21.5. The smallest absolute Gasteiger partial charge is 0.362 e. The van der Waals surface area contributed by atoms with E-state index in [0.29, 0.717) is 30.7 Å². The maximum atomic E-state index is 13.9. The molecular formula is C23H27O5PS. The second-order valence-electron chi connectivity index (χ2n) is 8.57. The zero-order valence-electron chi connectivity index (χ0n) is 17.7. The maximum Gasteiger partial charge on any atom is 0.362 e. The first-order valence-corrected chi connectivity index (χ1v) is 12.3. The first-order chi connectivity index (χ1) is 14.2. The van der Waals surface area contributed by atoms with Crippen molar-refractivity contribution in [2.75, 3.05) is 20.3 Å². The predicted octanol–water partition coefficient (Wildman–Crippen LogP) is 6.17. The summed E-state index contributed by atoms with van der Waals surface area (Å²) in [4.78, 5) is 1.77. The third-order valence-corrected chi connectivity index (χ3v) is 8.66. The number of thioether (sulfide) groups is 1. The van der Waals surface area contributed by atoms with Crippen molar-refractivity contribution < 1.29 is 23.5 Å². The van der Waals surface area contributed by atoms with Crippen molar-refractivity contribution in [2.24, 2.45) is 5.41 Å². The number of benzene rings is 2. The van der Waals surface area contributed by atoms with Crippen LogP contribution in [0.2, 0.25) is 0 Å².